The highest BCUT2D eigenvalue weighted by Gasteiger charge is 2.27. The van der Waals surface area contributed by atoms with E-state index in [9.17, 15) is 9.59 Å². The fourth-order valence-corrected chi connectivity index (χ4v) is 6.00. The number of para-hydroxylation sites is 1. The van der Waals surface area contributed by atoms with Crippen molar-refractivity contribution in [1.29, 1.82) is 0 Å². The summed E-state index contributed by atoms with van der Waals surface area (Å²) in [7, 11) is 0. The molecule has 0 saturated heterocycles. The standard InChI is InChI=1S/C32H35N5O2/c38-31(34-17-6-19-35-20-18-33-23-35)30-16-15-28-22-37(29-10-5-4-9-27(29)21-36(28)30)32(39)26-13-11-25(12-14-26)24-7-2-1-3-8-24/h4-5,9-16,18,20,23-24H,1-3,6-8,17,19,21-22H2,(H,34,38). The minimum Gasteiger partial charge on any atom is -0.351 e. The molecule has 0 radical (unpaired) electrons. The van der Waals surface area contributed by atoms with Crippen LogP contribution in [0.2, 0.25) is 0 Å². The molecular formula is C32H35N5O2. The Morgan fingerprint density at radius 1 is 0.923 bits per heavy atom. The molecule has 0 spiro atoms. The number of anilines is 1. The molecule has 0 unspecified atom stereocenters. The van der Waals surface area contributed by atoms with Crippen LogP contribution in [0.25, 0.3) is 0 Å². The number of hydrogen-bond donors (Lipinski definition) is 1. The van der Waals surface area contributed by atoms with Gasteiger partial charge in [0.05, 0.1) is 19.4 Å². The monoisotopic (exact) mass is 521 g/mol. The van der Waals surface area contributed by atoms with Crippen molar-refractivity contribution in [3.8, 4) is 0 Å². The summed E-state index contributed by atoms with van der Waals surface area (Å²) in [5.41, 5.74) is 5.52. The number of carbonyl (C=O) groups excluding carboxylic acids is 2. The zero-order valence-electron chi connectivity index (χ0n) is 22.3. The fourth-order valence-electron chi connectivity index (χ4n) is 6.00. The van der Waals surface area contributed by atoms with E-state index in [1.807, 2.05) is 68.8 Å². The molecule has 2 aliphatic rings. The van der Waals surface area contributed by atoms with Crippen LogP contribution in [0.1, 0.15) is 82.1 Å². The molecule has 1 N–H and O–H groups in total. The molecule has 1 aliphatic heterocycles. The van der Waals surface area contributed by atoms with Crippen LogP contribution >= 0.6 is 0 Å². The molecule has 1 saturated carbocycles. The number of aryl methyl sites for hydroxylation is 1. The van der Waals surface area contributed by atoms with Gasteiger partial charge in [-0.15, -0.1) is 0 Å². The number of nitrogens with zero attached hydrogens (tertiary/aromatic N) is 4. The van der Waals surface area contributed by atoms with E-state index in [0.29, 0.717) is 36.8 Å². The maximum absolute atomic E-state index is 13.9. The first-order valence-corrected chi connectivity index (χ1v) is 14.1. The van der Waals surface area contributed by atoms with Crippen molar-refractivity contribution in [3.63, 3.8) is 0 Å². The van der Waals surface area contributed by atoms with Crippen molar-refractivity contribution >= 4 is 17.5 Å². The van der Waals surface area contributed by atoms with E-state index in [1.54, 1.807) is 12.5 Å². The molecule has 1 fully saturated rings. The second-order valence-electron chi connectivity index (χ2n) is 10.7. The number of rotatable bonds is 7. The lowest BCUT2D eigenvalue weighted by Crippen LogP contribution is -2.31. The first kappa shape index (κ1) is 25.2. The van der Waals surface area contributed by atoms with E-state index in [-0.39, 0.29) is 11.8 Å². The van der Waals surface area contributed by atoms with Crippen LogP contribution in [0.4, 0.5) is 5.69 Å². The van der Waals surface area contributed by atoms with Gasteiger partial charge in [0.15, 0.2) is 0 Å². The van der Waals surface area contributed by atoms with Gasteiger partial charge in [0.1, 0.15) is 5.69 Å². The fraction of sp³-hybridized carbons (Fsp3) is 0.344. The number of carbonyl (C=O) groups is 2. The number of aromatic nitrogens is 3. The van der Waals surface area contributed by atoms with Crippen molar-refractivity contribution in [2.24, 2.45) is 0 Å². The molecule has 0 bridgehead atoms. The third kappa shape index (κ3) is 5.39. The molecule has 200 valence electrons. The van der Waals surface area contributed by atoms with E-state index in [2.05, 4.69) is 22.4 Å². The molecule has 2 aromatic heterocycles. The van der Waals surface area contributed by atoms with Crippen LogP contribution in [0, 0.1) is 0 Å². The molecule has 3 heterocycles. The molecule has 39 heavy (non-hydrogen) atoms. The first-order valence-electron chi connectivity index (χ1n) is 14.1. The smallest absolute Gasteiger partial charge is 0.267 e. The van der Waals surface area contributed by atoms with Crippen molar-refractivity contribution in [2.75, 3.05) is 11.4 Å². The minimum atomic E-state index is -0.0950. The average molecular weight is 522 g/mol. The van der Waals surface area contributed by atoms with Crippen LogP contribution in [-0.4, -0.2) is 32.5 Å². The Hall–Kier alpha value is -4.13. The lowest BCUT2D eigenvalue weighted by atomic mass is 9.84. The summed E-state index contributed by atoms with van der Waals surface area (Å²) in [4.78, 5) is 32.9. The van der Waals surface area contributed by atoms with Crippen molar-refractivity contribution in [2.45, 2.75) is 64.1 Å². The molecule has 7 heteroatoms. The topological polar surface area (TPSA) is 72.2 Å². The SMILES string of the molecule is O=C(NCCCn1ccnc1)c1ccc2n1Cc1ccccc1N(C(=O)c1ccc(C3CCCCC3)cc1)C2. The summed E-state index contributed by atoms with van der Waals surface area (Å²) in [5, 5.41) is 3.06. The van der Waals surface area contributed by atoms with Gasteiger partial charge in [-0.3, -0.25) is 9.59 Å². The maximum atomic E-state index is 13.9. The summed E-state index contributed by atoms with van der Waals surface area (Å²) < 4.78 is 4.05. The predicted molar refractivity (Wildman–Crippen MR) is 152 cm³/mol. The molecule has 1 aliphatic carbocycles. The second kappa shape index (κ2) is 11.3. The molecule has 7 nitrogen and oxygen atoms in total. The van der Waals surface area contributed by atoms with Gasteiger partial charge < -0.3 is 19.4 Å². The third-order valence-electron chi connectivity index (χ3n) is 8.15. The van der Waals surface area contributed by atoms with E-state index in [1.165, 1.54) is 37.7 Å². The number of amides is 2. The normalized spacial score (nSPS) is 15.3. The average Bonchev–Trinajstić information content (AvgIpc) is 3.61. The van der Waals surface area contributed by atoms with Crippen LogP contribution in [0.5, 0.6) is 0 Å². The Morgan fingerprint density at radius 3 is 2.54 bits per heavy atom. The summed E-state index contributed by atoms with van der Waals surface area (Å²) >= 11 is 0. The van der Waals surface area contributed by atoms with Crippen LogP contribution in [0.15, 0.2) is 79.4 Å². The highest BCUT2D eigenvalue weighted by molar-refractivity contribution is 6.06. The van der Waals surface area contributed by atoms with Gasteiger partial charge in [-0.05, 0) is 66.6 Å². The molecule has 0 atom stereocenters. The molecular weight excluding hydrogens is 486 g/mol. The molecule has 6 rings (SSSR count). The van der Waals surface area contributed by atoms with Gasteiger partial charge in [-0.2, -0.15) is 0 Å². The van der Waals surface area contributed by atoms with Crippen LogP contribution < -0.4 is 10.2 Å². The predicted octanol–water partition coefficient (Wildman–Crippen LogP) is 5.76. The van der Waals surface area contributed by atoms with Gasteiger partial charge >= 0.3 is 0 Å². The minimum absolute atomic E-state index is 0.0159. The van der Waals surface area contributed by atoms with Crippen molar-refractivity contribution < 1.29 is 9.59 Å². The van der Waals surface area contributed by atoms with Gasteiger partial charge in [0.2, 0.25) is 0 Å². The van der Waals surface area contributed by atoms with Crippen molar-refractivity contribution in [3.05, 3.63) is 107 Å². The quantitative estimate of drug-likeness (QED) is 0.314. The number of nitrogens with one attached hydrogen (secondary N) is 1. The summed E-state index contributed by atoms with van der Waals surface area (Å²) in [6.45, 7) is 2.34. The first-order chi connectivity index (χ1) is 19.2. The summed E-state index contributed by atoms with van der Waals surface area (Å²) in [5.74, 6) is 0.501. The Labute approximate surface area is 229 Å². The Kier molecular flexibility index (Phi) is 7.30. The number of benzene rings is 2. The Bertz CT molecular complexity index is 1430. The number of imidazole rings is 1. The molecule has 2 amide bonds. The number of fused-ring (bicyclic) bond motifs is 2. The van der Waals surface area contributed by atoms with Crippen LogP contribution in [0.3, 0.4) is 0 Å². The lowest BCUT2D eigenvalue weighted by molar-refractivity contribution is 0.0943. The van der Waals surface area contributed by atoms with E-state index < -0.39 is 0 Å². The van der Waals surface area contributed by atoms with Crippen molar-refractivity contribution in [1.82, 2.24) is 19.4 Å². The third-order valence-corrected chi connectivity index (χ3v) is 8.15. The Balaban J connectivity index is 1.20. The van der Waals surface area contributed by atoms with E-state index >= 15 is 0 Å². The highest BCUT2D eigenvalue weighted by atomic mass is 16.2. The lowest BCUT2D eigenvalue weighted by Gasteiger charge is -2.24. The van der Waals surface area contributed by atoms with Gasteiger partial charge in [-0.25, -0.2) is 4.98 Å². The van der Waals surface area contributed by atoms with Crippen LogP contribution in [-0.2, 0) is 19.6 Å². The summed E-state index contributed by atoms with van der Waals surface area (Å²) in [6.07, 6.45) is 12.7. The summed E-state index contributed by atoms with van der Waals surface area (Å²) in [6, 6.07) is 20.1. The highest BCUT2D eigenvalue weighted by Crippen LogP contribution is 2.34. The van der Waals surface area contributed by atoms with Gasteiger partial charge in [-0.1, -0.05) is 49.6 Å². The zero-order chi connectivity index (χ0) is 26.6. The maximum Gasteiger partial charge on any atom is 0.267 e. The second-order valence-corrected chi connectivity index (χ2v) is 10.7. The largest absolute Gasteiger partial charge is 0.351 e. The van der Waals surface area contributed by atoms with E-state index in [4.69, 9.17) is 0 Å². The Morgan fingerprint density at radius 2 is 1.74 bits per heavy atom. The van der Waals surface area contributed by atoms with E-state index in [0.717, 1.165) is 29.9 Å². The van der Waals surface area contributed by atoms with Gasteiger partial charge in [0, 0.05) is 42.4 Å². The van der Waals surface area contributed by atoms with Gasteiger partial charge in [0.25, 0.3) is 11.8 Å². The number of hydrogen-bond acceptors (Lipinski definition) is 3. The molecule has 4 aromatic rings. The zero-order valence-corrected chi connectivity index (χ0v) is 22.3. The molecule has 2 aromatic carbocycles.